The number of anilines is 2. The van der Waals surface area contributed by atoms with E-state index in [1.54, 1.807) is 0 Å². The highest BCUT2D eigenvalue weighted by molar-refractivity contribution is 6.30. The van der Waals surface area contributed by atoms with Gasteiger partial charge < -0.3 is 14.7 Å². The number of nitrogens with zero attached hydrogens (tertiary/aromatic N) is 5. The number of hydrogen-bond acceptors (Lipinski definition) is 5. The van der Waals surface area contributed by atoms with Crippen molar-refractivity contribution in [2.75, 3.05) is 68.7 Å². The molecular weight excluding hydrogens is 491 g/mol. The quantitative estimate of drug-likeness (QED) is 0.529. The van der Waals surface area contributed by atoms with Crippen LogP contribution in [0.3, 0.4) is 0 Å². The number of aromatic nitrogens is 1. The summed E-state index contributed by atoms with van der Waals surface area (Å²) in [7, 11) is 0. The zero-order chi connectivity index (χ0) is 24.8. The number of halogens is 4. The molecule has 2 fully saturated rings. The molecule has 2 aliphatic rings. The number of hydrogen-bond donors (Lipinski definition) is 0. The second-order valence-corrected chi connectivity index (χ2v) is 9.47. The fourth-order valence-electron chi connectivity index (χ4n) is 4.63. The van der Waals surface area contributed by atoms with E-state index in [1.165, 1.54) is 11.8 Å². The Labute approximate surface area is 216 Å². The SMILES string of the molecule is C.O=C(CCCN1CCN(c2ccc(Cl)cc2)CC1)N1CCCN(c2ccc(C(F)(F)F)cn2)CC1. The Morgan fingerprint density at radius 1 is 0.889 bits per heavy atom. The van der Waals surface area contributed by atoms with Crippen molar-refractivity contribution in [3.63, 3.8) is 0 Å². The lowest BCUT2D eigenvalue weighted by Crippen LogP contribution is -2.46. The first-order valence-electron chi connectivity index (χ1n) is 12.1. The average Bonchev–Trinajstić information content (AvgIpc) is 3.11. The normalized spacial score (nSPS) is 17.5. The van der Waals surface area contributed by atoms with Gasteiger partial charge in [0.15, 0.2) is 0 Å². The highest BCUT2D eigenvalue weighted by atomic mass is 35.5. The van der Waals surface area contributed by atoms with Gasteiger partial charge in [-0.1, -0.05) is 19.0 Å². The minimum atomic E-state index is -4.39. The average molecular weight is 526 g/mol. The standard InChI is InChI=1S/C25H31ClF3N5O.CH4/c26-21-5-7-22(8-6-21)32-15-13-31(14-16-32)10-1-3-24(35)34-12-2-11-33(17-18-34)23-9-4-20(19-30-23)25(27,28)29;/h4-9,19H,1-3,10-18H2;1H4. The molecule has 1 aromatic carbocycles. The van der Waals surface area contributed by atoms with Crippen LogP contribution in [0, 0.1) is 0 Å². The topological polar surface area (TPSA) is 42.9 Å². The van der Waals surface area contributed by atoms with Crippen LogP contribution in [0.1, 0.15) is 32.3 Å². The molecule has 2 aliphatic heterocycles. The summed E-state index contributed by atoms with van der Waals surface area (Å²) >= 11 is 5.98. The van der Waals surface area contributed by atoms with Gasteiger partial charge in [0.05, 0.1) is 5.56 Å². The second kappa shape index (κ2) is 12.6. The summed E-state index contributed by atoms with van der Waals surface area (Å²) in [5.74, 6) is 0.664. The number of carbonyl (C=O) groups excluding carboxylic acids is 1. The van der Waals surface area contributed by atoms with Crippen molar-refractivity contribution in [1.82, 2.24) is 14.8 Å². The van der Waals surface area contributed by atoms with Crippen molar-refractivity contribution >= 4 is 29.0 Å². The number of alkyl halides is 3. The zero-order valence-corrected chi connectivity index (χ0v) is 20.4. The van der Waals surface area contributed by atoms with Crippen molar-refractivity contribution in [1.29, 1.82) is 0 Å². The summed E-state index contributed by atoms with van der Waals surface area (Å²) in [6.45, 7) is 7.19. The maximum Gasteiger partial charge on any atom is 0.417 e. The molecular formula is C26H35ClF3N5O. The highest BCUT2D eigenvalue weighted by Crippen LogP contribution is 2.29. The summed E-state index contributed by atoms with van der Waals surface area (Å²) in [6.07, 6.45) is -1.42. The maximum atomic E-state index is 12.8. The van der Waals surface area contributed by atoms with Crippen LogP contribution < -0.4 is 9.80 Å². The molecule has 0 bridgehead atoms. The first kappa shape index (κ1) is 28.1. The van der Waals surface area contributed by atoms with Gasteiger partial charge in [0.25, 0.3) is 0 Å². The third-order valence-corrected chi connectivity index (χ3v) is 6.93. The predicted octanol–water partition coefficient (Wildman–Crippen LogP) is 5.03. The van der Waals surface area contributed by atoms with Crippen LogP contribution in [0.25, 0.3) is 0 Å². The molecule has 2 aromatic rings. The van der Waals surface area contributed by atoms with Crippen LogP contribution in [0.4, 0.5) is 24.7 Å². The molecule has 0 atom stereocenters. The summed E-state index contributed by atoms with van der Waals surface area (Å²) in [5, 5.41) is 0.741. The molecule has 1 aromatic heterocycles. The third-order valence-electron chi connectivity index (χ3n) is 6.68. The van der Waals surface area contributed by atoms with Crippen LogP contribution in [0.5, 0.6) is 0 Å². The molecule has 0 spiro atoms. The fourth-order valence-corrected chi connectivity index (χ4v) is 4.76. The summed E-state index contributed by atoms with van der Waals surface area (Å²) in [5.41, 5.74) is 0.435. The Balaban J connectivity index is 0.00000361. The molecule has 3 heterocycles. The number of amides is 1. The van der Waals surface area contributed by atoms with E-state index in [1.807, 2.05) is 34.1 Å². The summed E-state index contributed by atoms with van der Waals surface area (Å²) < 4.78 is 38.3. The van der Waals surface area contributed by atoms with Gasteiger partial charge in [-0.05, 0) is 55.8 Å². The van der Waals surface area contributed by atoms with E-state index in [-0.39, 0.29) is 13.3 Å². The predicted molar refractivity (Wildman–Crippen MR) is 139 cm³/mol. The molecule has 36 heavy (non-hydrogen) atoms. The molecule has 0 saturated carbocycles. The van der Waals surface area contributed by atoms with E-state index in [0.29, 0.717) is 38.4 Å². The van der Waals surface area contributed by atoms with Crippen LogP contribution in [-0.2, 0) is 11.0 Å². The Morgan fingerprint density at radius 2 is 1.58 bits per heavy atom. The molecule has 198 valence electrons. The molecule has 4 rings (SSSR count). The van der Waals surface area contributed by atoms with Crippen molar-refractivity contribution in [3.8, 4) is 0 Å². The Hall–Kier alpha value is -2.52. The number of carbonyl (C=O) groups is 1. The molecule has 0 N–H and O–H groups in total. The summed E-state index contributed by atoms with van der Waals surface area (Å²) in [6, 6.07) is 10.4. The van der Waals surface area contributed by atoms with Gasteiger partial charge in [-0.15, -0.1) is 0 Å². The Bertz CT molecular complexity index is 963. The van der Waals surface area contributed by atoms with Gasteiger partial charge in [0, 0.05) is 75.7 Å². The lowest BCUT2D eigenvalue weighted by Gasteiger charge is -2.36. The number of piperazine rings is 1. The zero-order valence-electron chi connectivity index (χ0n) is 19.7. The Morgan fingerprint density at radius 3 is 2.22 bits per heavy atom. The van der Waals surface area contributed by atoms with E-state index in [4.69, 9.17) is 11.6 Å². The van der Waals surface area contributed by atoms with Crippen molar-refractivity contribution < 1.29 is 18.0 Å². The van der Waals surface area contributed by atoms with Crippen molar-refractivity contribution in [2.45, 2.75) is 32.9 Å². The largest absolute Gasteiger partial charge is 0.417 e. The molecule has 0 radical (unpaired) electrons. The summed E-state index contributed by atoms with van der Waals surface area (Å²) in [4.78, 5) is 25.4. The minimum absolute atomic E-state index is 0. The molecule has 6 nitrogen and oxygen atoms in total. The molecule has 1 amide bonds. The number of benzene rings is 1. The smallest absolute Gasteiger partial charge is 0.369 e. The van der Waals surface area contributed by atoms with Gasteiger partial charge in [-0.2, -0.15) is 13.2 Å². The lowest BCUT2D eigenvalue weighted by molar-refractivity contribution is -0.137. The third kappa shape index (κ3) is 7.49. The van der Waals surface area contributed by atoms with E-state index < -0.39 is 11.7 Å². The molecule has 2 saturated heterocycles. The van der Waals surface area contributed by atoms with Gasteiger partial charge in [-0.25, -0.2) is 4.98 Å². The van der Waals surface area contributed by atoms with Crippen LogP contribution in [0.2, 0.25) is 5.02 Å². The van der Waals surface area contributed by atoms with Crippen molar-refractivity contribution in [3.05, 3.63) is 53.2 Å². The monoisotopic (exact) mass is 525 g/mol. The molecule has 0 unspecified atom stereocenters. The van der Waals surface area contributed by atoms with E-state index in [9.17, 15) is 18.0 Å². The number of rotatable bonds is 6. The van der Waals surface area contributed by atoms with Gasteiger partial charge in [0.1, 0.15) is 5.82 Å². The number of pyridine rings is 1. The molecule has 0 aliphatic carbocycles. The first-order valence-corrected chi connectivity index (χ1v) is 12.5. The lowest BCUT2D eigenvalue weighted by atomic mass is 10.2. The van der Waals surface area contributed by atoms with Crippen LogP contribution in [0.15, 0.2) is 42.6 Å². The Kier molecular flexibility index (Phi) is 9.84. The second-order valence-electron chi connectivity index (χ2n) is 9.03. The van der Waals surface area contributed by atoms with Crippen LogP contribution in [-0.4, -0.2) is 79.6 Å². The van der Waals surface area contributed by atoms with E-state index >= 15 is 0 Å². The van der Waals surface area contributed by atoms with Crippen LogP contribution >= 0.6 is 11.6 Å². The van der Waals surface area contributed by atoms with Gasteiger partial charge in [0.2, 0.25) is 5.91 Å². The van der Waals surface area contributed by atoms with Gasteiger partial charge >= 0.3 is 6.18 Å². The van der Waals surface area contributed by atoms with Gasteiger partial charge in [-0.3, -0.25) is 9.69 Å². The first-order chi connectivity index (χ1) is 16.8. The maximum absolute atomic E-state index is 12.8. The fraction of sp³-hybridized carbons (Fsp3) is 0.538. The molecule has 10 heteroatoms. The minimum Gasteiger partial charge on any atom is -0.369 e. The van der Waals surface area contributed by atoms with E-state index in [0.717, 1.165) is 62.9 Å². The van der Waals surface area contributed by atoms with Crippen molar-refractivity contribution in [2.24, 2.45) is 0 Å². The highest BCUT2D eigenvalue weighted by Gasteiger charge is 2.31. The van der Waals surface area contributed by atoms with E-state index in [2.05, 4.69) is 14.8 Å².